The van der Waals surface area contributed by atoms with Gasteiger partial charge in [-0.05, 0) is 93.0 Å². The molecule has 1 N–H and O–H groups in total. The summed E-state index contributed by atoms with van der Waals surface area (Å²) in [5.41, 5.74) is -1.47. The molecule has 1 saturated carbocycles. The maximum Gasteiger partial charge on any atom is 0.416 e. The Morgan fingerprint density at radius 1 is 0.885 bits per heavy atom. The van der Waals surface area contributed by atoms with Crippen LogP contribution in [0.5, 0.6) is 0 Å². The van der Waals surface area contributed by atoms with Gasteiger partial charge in [0.1, 0.15) is 0 Å². The Labute approximate surface area is 299 Å². The minimum absolute atomic E-state index is 0.116. The van der Waals surface area contributed by atoms with Crippen LogP contribution in [0.2, 0.25) is 0 Å². The number of likely N-dealkylation sites (tertiary alicyclic amines) is 1. The van der Waals surface area contributed by atoms with Crippen LogP contribution in [0.25, 0.3) is 11.1 Å². The van der Waals surface area contributed by atoms with Crippen molar-refractivity contribution in [1.82, 2.24) is 19.4 Å². The molecule has 9 nitrogen and oxygen atoms in total. The van der Waals surface area contributed by atoms with Crippen molar-refractivity contribution in [2.45, 2.75) is 109 Å². The summed E-state index contributed by atoms with van der Waals surface area (Å²) in [4.78, 5) is 37.2. The molecule has 1 aromatic carbocycles. The lowest BCUT2D eigenvalue weighted by Gasteiger charge is -2.47. The second kappa shape index (κ2) is 16.2. The van der Waals surface area contributed by atoms with E-state index in [4.69, 9.17) is 9.84 Å². The summed E-state index contributed by atoms with van der Waals surface area (Å²) in [6, 6.07) is 2.35. The van der Waals surface area contributed by atoms with Gasteiger partial charge in [-0.3, -0.25) is 4.79 Å². The molecular formula is C37H45F6N5O4. The number of hydrogen-bond donors (Lipinski definition) is 1. The van der Waals surface area contributed by atoms with E-state index < -0.39 is 41.6 Å². The number of rotatable bonds is 11. The number of piperidine rings is 1. The highest BCUT2D eigenvalue weighted by atomic mass is 19.4. The van der Waals surface area contributed by atoms with E-state index >= 15 is 0 Å². The van der Waals surface area contributed by atoms with Gasteiger partial charge < -0.3 is 24.2 Å². The van der Waals surface area contributed by atoms with Gasteiger partial charge in [-0.25, -0.2) is 14.8 Å². The zero-order chi connectivity index (χ0) is 37.8. The Balaban J connectivity index is 1.40. The number of aromatic nitrogens is 3. The van der Waals surface area contributed by atoms with Gasteiger partial charge in [-0.2, -0.15) is 26.3 Å². The minimum Gasteiger partial charge on any atom is -0.481 e. The molecule has 0 bridgehead atoms. The first kappa shape index (κ1) is 38.9. The van der Waals surface area contributed by atoms with E-state index in [1.165, 1.54) is 0 Å². The van der Waals surface area contributed by atoms with Crippen molar-refractivity contribution in [3.8, 4) is 11.1 Å². The molecule has 284 valence electrons. The summed E-state index contributed by atoms with van der Waals surface area (Å²) in [7, 11) is 1.86. The van der Waals surface area contributed by atoms with Crippen molar-refractivity contribution in [2.24, 2.45) is 18.9 Å². The normalized spacial score (nSPS) is 22.6. The minimum atomic E-state index is -5.00. The average Bonchev–Trinajstić information content (AvgIpc) is 3.54. The monoisotopic (exact) mass is 737 g/mol. The highest BCUT2D eigenvalue weighted by molar-refractivity contribution is 5.69. The van der Waals surface area contributed by atoms with Crippen molar-refractivity contribution >= 4 is 18.0 Å². The lowest BCUT2D eigenvalue weighted by Crippen LogP contribution is -2.57. The molecule has 1 aliphatic carbocycles. The number of amides is 1. The molecule has 2 aliphatic rings. The summed E-state index contributed by atoms with van der Waals surface area (Å²) in [6.07, 6.45) is 1.38. The second-order valence-corrected chi connectivity index (χ2v) is 14.1. The molecule has 2 fully saturated rings. The molecule has 0 radical (unpaired) electrons. The van der Waals surface area contributed by atoms with Gasteiger partial charge >= 0.3 is 24.4 Å². The smallest absolute Gasteiger partial charge is 0.416 e. The first-order chi connectivity index (χ1) is 24.5. The number of hydrogen-bond acceptors (Lipinski definition) is 6. The molecule has 1 aliphatic heterocycles. The number of nitrogens with zero attached hydrogens (tertiary/aromatic N) is 5. The molecule has 3 heterocycles. The molecule has 0 spiro atoms. The Hall–Kier alpha value is -4.30. The summed E-state index contributed by atoms with van der Waals surface area (Å²) in [5.74, 6) is -0.415. The number of carbonyl (C=O) groups excluding carboxylic acids is 1. The van der Waals surface area contributed by atoms with Crippen molar-refractivity contribution in [2.75, 3.05) is 11.5 Å². The van der Waals surface area contributed by atoms with E-state index in [-0.39, 0.29) is 61.1 Å². The van der Waals surface area contributed by atoms with Crippen LogP contribution >= 0.6 is 0 Å². The van der Waals surface area contributed by atoms with Crippen molar-refractivity contribution in [3.63, 3.8) is 0 Å². The van der Waals surface area contributed by atoms with Crippen LogP contribution < -0.4 is 4.90 Å². The van der Waals surface area contributed by atoms with E-state index in [1.54, 1.807) is 22.2 Å². The van der Waals surface area contributed by atoms with Gasteiger partial charge in [0.25, 0.3) is 0 Å². The lowest BCUT2D eigenvalue weighted by molar-refractivity contribution is -0.143. The fraction of sp³-hybridized carbons (Fsp3) is 0.568. The number of aliphatic carboxylic acids is 1. The third kappa shape index (κ3) is 9.57. The number of halogens is 6. The van der Waals surface area contributed by atoms with Gasteiger partial charge in [0.2, 0.25) is 5.95 Å². The maximum atomic E-state index is 13.8. The Morgan fingerprint density at radius 3 is 1.92 bits per heavy atom. The van der Waals surface area contributed by atoms with Crippen LogP contribution in [0.4, 0.5) is 37.1 Å². The van der Waals surface area contributed by atoms with Crippen LogP contribution in [-0.2, 0) is 35.5 Å². The molecule has 15 heteroatoms. The van der Waals surface area contributed by atoms with Gasteiger partial charge in [-0.15, -0.1) is 0 Å². The summed E-state index contributed by atoms with van der Waals surface area (Å²) >= 11 is 0. The number of alkyl halides is 6. The van der Waals surface area contributed by atoms with Gasteiger partial charge in [0.05, 0.1) is 17.7 Å². The zero-order valence-electron chi connectivity index (χ0n) is 29.5. The quantitative estimate of drug-likeness (QED) is 0.196. The first-order valence-electron chi connectivity index (χ1n) is 17.7. The molecule has 1 saturated heterocycles. The number of ether oxygens (including phenoxy) is 1. The number of carboxylic acid groups (broad SMARTS) is 1. The molecule has 1 unspecified atom stereocenters. The lowest BCUT2D eigenvalue weighted by atomic mass is 9.81. The van der Waals surface area contributed by atoms with Crippen LogP contribution in [0.15, 0.2) is 49.1 Å². The summed E-state index contributed by atoms with van der Waals surface area (Å²) in [5, 5.41) is 9.11. The predicted octanol–water partition coefficient (Wildman–Crippen LogP) is 8.97. The number of anilines is 1. The zero-order valence-corrected chi connectivity index (χ0v) is 29.5. The standard InChI is InChI=1S/C37H45F6N5O4/c1-4-30-16-32(17-31(5-2)48(30)35(51)52-22-24-8-6-23(7-9-24)14-33(49)50)47(34-44-18-27(19-45-34)26-10-11-46(3)21-26)20-25-12-28(36(38,39)40)15-29(13-25)37(41,42)43/h10-13,15,18-19,21,23-24,30-32H,4-9,14,16-17,20,22H2,1-3H3,(H,49,50)/t23?,24?,30-,31+,32?. The maximum absolute atomic E-state index is 13.8. The van der Waals surface area contributed by atoms with Crippen LogP contribution in [0.3, 0.4) is 0 Å². The molecule has 5 rings (SSSR count). The average molecular weight is 738 g/mol. The fourth-order valence-corrected chi connectivity index (χ4v) is 7.60. The van der Waals surface area contributed by atoms with Gasteiger partial charge in [-0.1, -0.05) is 13.8 Å². The number of benzene rings is 1. The van der Waals surface area contributed by atoms with E-state index in [0.717, 1.165) is 43.4 Å². The number of carbonyl (C=O) groups is 2. The van der Waals surface area contributed by atoms with Crippen LogP contribution in [0, 0.1) is 11.8 Å². The Bertz CT molecular complexity index is 1620. The van der Waals surface area contributed by atoms with E-state index in [9.17, 15) is 35.9 Å². The van der Waals surface area contributed by atoms with Crippen LogP contribution in [-0.4, -0.2) is 61.3 Å². The highest BCUT2D eigenvalue weighted by Gasteiger charge is 2.42. The molecule has 1 amide bonds. The molecule has 52 heavy (non-hydrogen) atoms. The van der Waals surface area contributed by atoms with Crippen molar-refractivity contribution in [1.29, 1.82) is 0 Å². The molecule has 3 atom stereocenters. The third-order valence-electron chi connectivity index (χ3n) is 10.4. The predicted molar refractivity (Wildman–Crippen MR) is 181 cm³/mol. The van der Waals surface area contributed by atoms with Crippen molar-refractivity contribution < 1.29 is 45.8 Å². The van der Waals surface area contributed by atoms with Gasteiger partial charge in [0, 0.05) is 74.1 Å². The molecule has 2 aromatic heterocycles. The molecular weight excluding hydrogens is 692 g/mol. The van der Waals surface area contributed by atoms with E-state index in [1.807, 2.05) is 43.9 Å². The summed E-state index contributed by atoms with van der Waals surface area (Å²) in [6.45, 7) is 3.73. The highest BCUT2D eigenvalue weighted by Crippen LogP contribution is 2.39. The second-order valence-electron chi connectivity index (χ2n) is 14.1. The first-order valence-corrected chi connectivity index (χ1v) is 17.7. The Kier molecular flexibility index (Phi) is 12.1. The largest absolute Gasteiger partial charge is 0.481 e. The van der Waals surface area contributed by atoms with Gasteiger partial charge in [0.15, 0.2) is 0 Å². The van der Waals surface area contributed by atoms with Crippen molar-refractivity contribution in [3.05, 3.63) is 65.7 Å². The van der Waals surface area contributed by atoms with Crippen LogP contribution in [0.1, 0.15) is 88.3 Å². The molecule has 3 aromatic rings. The topological polar surface area (TPSA) is 101 Å². The number of carboxylic acids is 1. The SMILES string of the molecule is CC[C@@H]1CC(N(Cc2cc(C(F)(F)F)cc(C(F)(F)F)c2)c2ncc(-c3ccn(C)c3)cn2)C[C@H](CC)N1C(=O)OCC1CCC(CC(=O)O)CC1. The number of aryl methyl sites for hydroxylation is 1. The third-order valence-corrected chi connectivity index (χ3v) is 10.4. The summed E-state index contributed by atoms with van der Waals surface area (Å²) < 4.78 is 90.7. The van der Waals surface area contributed by atoms with E-state index in [0.29, 0.717) is 31.2 Å². The van der Waals surface area contributed by atoms with E-state index in [2.05, 4.69) is 9.97 Å². The Morgan fingerprint density at radius 2 is 1.44 bits per heavy atom. The fourth-order valence-electron chi connectivity index (χ4n) is 7.60.